The second-order valence-electron chi connectivity index (χ2n) is 5.66. The average Bonchev–Trinajstić information content (AvgIpc) is 2.12. The van der Waals surface area contributed by atoms with Crippen LogP contribution in [0.3, 0.4) is 0 Å². The second-order valence-corrected chi connectivity index (χ2v) is 5.66. The Labute approximate surface area is 96.1 Å². The molecule has 0 aromatic carbocycles. The molecule has 1 atom stereocenters. The van der Waals surface area contributed by atoms with Crippen molar-refractivity contribution in [1.82, 2.24) is 0 Å². The van der Waals surface area contributed by atoms with Gasteiger partial charge in [0.05, 0.1) is 0 Å². The third kappa shape index (κ3) is 9.99. The molecule has 0 amide bonds. The topological polar surface area (TPSA) is 26.0 Å². The zero-order valence-corrected chi connectivity index (χ0v) is 11.3. The van der Waals surface area contributed by atoms with E-state index in [-0.39, 0.29) is 5.54 Å². The molecule has 0 bridgehead atoms. The fourth-order valence-electron chi connectivity index (χ4n) is 1.67. The molecule has 0 heterocycles. The Balaban J connectivity index is 3.54. The van der Waals surface area contributed by atoms with E-state index in [0.29, 0.717) is 0 Å². The first kappa shape index (κ1) is 14.7. The monoisotopic (exact) mass is 211 g/mol. The molecule has 0 aromatic rings. The molecule has 0 aliphatic rings. The van der Waals surface area contributed by atoms with Crippen molar-refractivity contribution in [1.29, 1.82) is 0 Å². The highest BCUT2D eigenvalue weighted by molar-refractivity contribution is 4.95. The third-order valence-electron chi connectivity index (χ3n) is 3.04. The number of nitrogens with two attached hydrogens (primary N) is 1. The lowest BCUT2D eigenvalue weighted by Gasteiger charge is -2.19. The van der Waals surface area contributed by atoms with Crippen LogP contribution >= 0.6 is 0 Å². The molecule has 0 fully saturated rings. The average molecular weight is 211 g/mol. The van der Waals surface area contributed by atoms with E-state index in [9.17, 15) is 0 Å². The van der Waals surface area contributed by atoms with Crippen LogP contribution in [-0.2, 0) is 0 Å². The summed E-state index contributed by atoms with van der Waals surface area (Å²) in [6.07, 6.45) is 8.51. The predicted molar refractivity (Wildman–Crippen MR) is 69.9 cm³/mol. The largest absolute Gasteiger partial charge is 0.326 e. The van der Waals surface area contributed by atoms with E-state index >= 15 is 0 Å². The molecule has 1 nitrogen and oxygen atoms in total. The van der Waals surface area contributed by atoms with Crippen molar-refractivity contribution in [3.63, 3.8) is 0 Å². The van der Waals surface area contributed by atoms with E-state index in [1.165, 1.54) is 31.3 Å². The first-order valence-corrected chi connectivity index (χ1v) is 6.26. The Kier molecular flexibility index (Phi) is 6.91. The standard InChI is InChI=1S/C14H29N/c1-6-12(2)9-10-13(3)8-7-11-14(4,5)15/h6,13H,7-11,15H2,1-5H3. The molecule has 1 heteroatoms. The quantitative estimate of drug-likeness (QED) is 0.625. The summed E-state index contributed by atoms with van der Waals surface area (Å²) < 4.78 is 0. The summed E-state index contributed by atoms with van der Waals surface area (Å²) in [5.74, 6) is 0.835. The van der Waals surface area contributed by atoms with Gasteiger partial charge in [-0.05, 0) is 52.9 Å². The van der Waals surface area contributed by atoms with Crippen molar-refractivity contribution < 1.29 is 0 Å². The molecule has 0 rings (SSSR count). The van der Waals surface area contributed by atoms with E-state index in [2.05, 4.69) is 40.7 Å². The Morgan fingerprint density at radius 1 is 1.33 bits per heavy atom. The minimum atomic E-state index is 0.0129. The molecule has 2 N–H and O–H groups in total. The van der Waals surface area contributed by atoms with E-state index in [1.54, 1.807) is 0 Å². The van der Waals surface area contributed by atoms with Gasteiger partial charge in [-0.15, -0.1) is 0 Å². The SMILES string of the molecule is CC=C(C)CCC(C)CCCC(C)(C)N. The van der Waals surface area contributed by atoms with Crippen molar-refractivity contribution in [2.75, 3.05) is 0 Å². The smallest absolute Gasteiger partial charge is 0.00970 e. The summed E-state index contributed by atoms with van der Waals surface area (Å²) in [6.45, 7) is 10.9. The van der Waals surface area contributed by atoms with Crippen LogP contribution in [0.1, 0.15) is 66.7 Å². The molecule has 0 aliphatic heterocycles. The van der Waals surface area contributed by atoms with Gasteiger partial charge >= 0.3 is 0 Å². The number of hydrogen-bond acceptors (Lipinski definition) is 1. The fourth-order valence-corrected chi connectivity index (χ4v) is 1.67. The Bertz CT molecular complexity index is 186. The number of rotatable bonds is 7. The third-order valence-corrected chi connectivity index (χ3v) is 3.04. The number of allylic oxidation sites excluding steroid dienone is 2. The summed E-state index contributed by atoms with van der Waals surface area (Å²) in [4.78, 5) is 0. The van der Waals surface area contributed by atoms with Crippen LogP contribution in [0.2, 0.25) is 0 Å². The van der Waals surface area contributed by atoms with Crippen LogP contribution in [0.4, 0.5) is 0 Å². The Morgan fingerprint density at radius 3 is 2.40 bits per heavy atom. The number of hydrogen-bond donors (Lipinski definition) is 1. The van der Waals surface area contributed by atoms with Crippen molar-refractivity contribution in [2.24, 2.45) is 11.7 Å². The van der Waals surface area contributed by atoms with Gasteiger partial charge in [0.25, 0.3) is 0 Å². The van der Waals surface area contributed by atoms with Crippen molar-refractivity contribution in [2.45, 2.75) is 72.3 Å². The summed E-state index contributed by atoms with van der Waals surface area (Å²) in [6, 6.07) is 0. The first-order valence-electron chi connectivity index (χ1n) is 6.26. The maximum atomic E-state index is 5.96. The molecule has 15 heavy (non-hydrogen) atoms. The van der Waals surface area contributed by atoms with Crippen LogP contribution in [-0.4, -0.2) is 5.54 Å². The van der Waals surface area contributed by atoms with E-state index < -0.39 is 0 Å². The normalized spacial score (nSPS) is 15.5. The molecule has 0 spiro atoms. The summed E-state index contributed by atoms with van der Waals surface area (Å²) in [5.41, 5.74) is 7.48. The molecule has 0 aromatic heterocycles. The summed E-state index contributed by atoms with van der Waals surface area (Å²) >= 11 is 0. The molecule has 0 saturated carbocycles. The van der Waals surface area contributed by atoms with Crippen LogP contribution in [0, 0.1) is 5.92 Å². The Morgan fingerprint density at radius 2 is 1.93 bits per heavy atom. The van der Waals surface area contributed by atoms with E-state index in [0.717, 1.165) is 12.3 Å². The fraction of sp³-hybridized carbons (Fsp3) is 0.857. The highest BCUT2D eigenvalue weighted by atomic mass is 14.7. The van der Waals surface area contributed by atoms with Gasteiger partial charge in [0.1, 0.15) is 0 Å². The van der Waals surface area contributed by atoms with E-state index in [1.807, 2.05) is 0 Å². The minimum Gasteiger partial charge on any atom is -0.326 e. The lowest BCUT2D eigenvalue weighted by atomic mass is 9.92. The molecular formula is C14H29N. The zero-order valence-electron chi connectivity index (χ0n) is 11.3. The molecular weight excluding hydrogens is 182 g/mol. The van der Waals surface area contributed by atoms with Gasteiger partial charge in [-0.1, -0.05) is 31.4 Å². The maximum Gasteiger partial charge on any atom is 0.00970 e. The maximum absolute atomic E-state index is 5.96. The van der Waals surface area contributed by atoms with Gasteiger partial charge in [-0.3, -0.25) is 0 Å². The van der Waals surface area contributed by atoms with Gasteiger partial charge in [0.2, 0.25) is 0 Å². The highest BCUT2D eigenvalue weighted by Gasteiger charge is 2.11. The van der Waals surface area contributed by atoms with Crippen molar-refractivity contribution in [3.8, 4) is 0 Å². The predicted octanol–water partition coefficient (Wildman–Crippen LogP) is 4.28. The van der Waals surface area contributed by atoms with Crippen molar-refractivity contribution in [3.05, 3.63) is 11.6 Å². The summed E-state index contributed by atoms with van der Waals surface area (Å²) in [7, 11) is 0. The van der Waals surface area contributed by atoms with E-state index in [4.69, 9.17) is 5.73 Å². The first-order chi connectivity index (χ1) is 6.85. The molecule has 0 saturated heterocycles. The van der Waals surface area contributed by atoms with Gasteiger partial charge in [0.15, 0.2) is 0 Å². The van der Waals surface area contributed by atoms with Gasteiger partial charge in [0, 0.05) is 5.54 Å². The lowest BCUT2D eigenvalue weighted by molar-refractivity contribution is 0.401. The molecule has 1 unspecified atom stereocenters. The molecule has 90 valence electrons. The van der Waals surface area contributed by atoms with Crippen LogP contribution in [0.5, 0.6) is 0 Å². The van der Waals surface area contributed by atoms with Gasteiger partial charge < -0.3 is 5.73 Å². The summed E-state index contributed by atoms with van der Waals surface area (Å²) in [5, 5.41) is 0. The highest BCUT2D eigenvalue weighted by Crippen LogP contribution is 2.19. The van der Waals surface area contributed by atoms with Crippen molar-refractivity contribution >= 4 is 0 Å². The minimum absolute atomic E-state index is 0.0129. The zero-order chi connectivity index (χ0) is 11.9. The Hall–Kier alpha value is -0.300. The van der Waals surface area contributed by atoms with Gasteiger partial charge in [-0.25, -0.2) is 0 Å². The second kappa shape index (κ2) is 7.05. The molecule has 0 radical (unpaired) electrons. The van der Waals surface area contributed by atoms with Crippen LogP contribution in [0.15, 0.2) is 11.6 Å². The van der Waals surface area contributed by atoms with Crippen LogP contribution in [0.25, 0.3) is 0 Å². The van der Waals surface area contributed by atoms with Crippen LogP contribution < -0.4 is 5.73 Å². The van der Waals surface area contributed by atoms with Gasteiger partial charge in [-0.2, -0.15) is 0 Å². The molecule has 0 aliphatic carbocycles. The lowest BCUT2D eigenvalue weighted by Crippen LogP contribution is -2.31.